The predicted molar refractivity (Wildman–Crippen MR) is 70.3 cm³/mol. The first-order chi connectivity index (χ1) is 7.60. The molecule has 1 aromatic carbocycles. The Morgan fingerprint density at radius 1 is 1.12 bits per heavy atom. The van der Waals surface area contributed by atoms with Crippen LogP contribution < -0.4 is 0 Å². The maximum Gasteiger partial charge on any atom is 0.0896 e. The van der Waals surface area contributed by atoms with Crippen LogP contribution in [0.2, 0.25) is 0 Å². The fourth-order valence-electron chi connectivity index (χ4n) is 2.69. The molecule has 1 saturated carbocycles. The fraction of sp³-hybridized carbons (Fsp3) is 0.571. The van der Waals surface area contributed by atoms with E-state index in [0.717, 1.165) is 22.9 Å². The first-order valence-electron chi connectivity index (χ1n) is 6.09. The van der Waals surface area contributed by atoms with Crippen molar-refractivity contribution in [2.24, 2.45) is 5.92 Å². The maximum atomic E-state index is 10.7. The third-order valence-corrected chi connectivity index (χ3v) is 4.36. The quantitative estimate of drug-likeness (QED) is 0.860. The number of rotatable bonds is 2. The van der Waals surface area contributed by atoms with Crippen LogP contribution in [0.3, 0.4) is 0 Å². The van der Waals surface area contributed by atoms with Crippen molar-refractivity contribution in [3.63, 3.8) is 0 Å². The molecule has 0 saturated heterocycles. The van der Waals surface area contributed by atoms with Crippen molar-refractivity contribution >= 4 is 15.9 Å². The first-order valence-corrected chi connectivity index (χ1v) is 6.88. The summed E-state index contributed by atoms with van der Waals surface area (Å²) in [5.74, 6) is 0.419. The second kappa shape index (κ2) is 4.89. The Kier molecular flexibility index (Phi) is 3.70. The summed E-state index contributed by atoms with van der Waals surface area (Å²) in [4.78, 5) is 0. The molecule has 0 aromatic heterocycles. The van der Waals surface area contributed by atoms with E-state index in [2.05, 4.69) is 15.9 Å². The molecule has 1 N–H and O–H groups in total. The SMILES string of the molecule is C[C@](O)(c1ccc(Br)cc1)C1CCCCC1. The smallest absolute Gasteiger partial charge is 0.0896 e. The molecule has 88 valence electrons. The lowest BCUT2D eigenvalue weighted by molar-refractivity contribution is -0.0215. The molecular formula is C14H19BrO. The minimum absolute atomic E-state index is 0.419. The number of aliphatic hydroxyl groups is 1. The Morgan fingerprint density at radius 2 is 1.69 bits per heavy atom. The molecule has 2 rings (SSSR count). The fourth-order valence-corrected chi connectivity index (χ4v) is 2.95. The van der Waals surface area contributed by atoms with Gasteiger partial charge in [0.05, 0.1) is 5.60 Å². The van der Waals surface area contributed by atoms with E-state index >= 15 is 0 Å². The molecule has 1 nitrogen and oxygen atoms in total. The first kappa shape index (κ1) is 12.1. The van der Waals surface area contributed by atoms with Gasteiger partial charge in [-0.1, -0.05) is 47.3 Å². The Morgan fingerprint density at radius 3 is 2.25 bits per heavy atom. The van der Waals surface area contributed by atoms with E-state index in [-0.39, 0.29) is 0 Å². The van der Waals surface area contributed by atoms with Crippen molar-refractivity contribution in [2.75, 3.05) is 0 Å². The van der Waals surface area contributed by atoms with Crippen molar-refractivity contribution in [1.29, 1.82) is 0 Å². The third kappa shape index (κ3) is 2.49. The number of halogens is 1. The van der Waals surface area contributed by atoms with Crippen molar-refractivity contribution in [1.82, 2.24) is 0 Å². The summed E-state index contributed by atoms with van der Waals surface area (Å²) in [5.41, 5.74) is 0.379. The van der Waals surface area contributed by atoms with Crippen LogP contribution in [0.4, 0.5) is 0 Å². The van der Waals surface area contributed by atoms with Crippen molar-refractivity contribution in [2.45, 2.75) is 44.6 Å². The van der Waals surface area contributed by atoms with Gasteiger partial charge in [-0.3, -0.25) is 0 Å². The Bertz CT molecular complexity index is 336. The third-order valence-electron chi connectivity index (χ3n) is 3.83. The van der Waals surface area contributed by atoms with E-state index in [1.807, 2.05) is 31.2 Å². The molecule has 16 heavy (non-hydrogen) atoms. The lowest BCUT2D eigenvalue weighted by Gasteiger charge is -2.36. The second-order valence-electron chi connectivity index (χ2n) is 4.99. The molecule has 0 aliphatic heterocycles. The highest BCUT2D eigenvalue weighted by molar-refractivity contribution is 9.10. The van der Waals surface area contributed by atoms with Gasteiger partial charge in [0.25, 0.3) is 0 Å². The van der Waals surface area contributed by atoms with Crippen LogP contribution in [0.15, 0.2) is 28.7 Å². The summed E-state index contributed by atoms with van der Waals surface area (Å²) in [5, 5.41) is 10.7. The number of hydrogen-bond acceptors (Lipinski definition) is 1. The van der Waals surface area contributed by atoms with Crippen molar-refractivity contribution < 1.29 is 5.11 Å². The van der Waals surface area contributed by atoms with Gasteiger partial charge in [-0.25, -0.2) is 0 Å². The summed E-state index contributed by atoms with van der Waals surface area (Å²) in [6.45, 7) is 1.96. The van der Waals surface area contributed by atoms with Crippen molar-refractivity contribution in [3.05, 3.63) is 34.3 Å². The molecule has 0 amide bonds. The van der Waals surface area contributed by atoms with Crippen LogP contribution in [-0.4, -0.2) is 5.11 Å². The van der Waals surface area contributed by atoms with E-state index in [1.54, 1.807) is 0 Å². The molecule has 1 fully saturated rings. The van der Waals surface area contributed by atoms with E-state index in [0.29, 0.717) is 5.92 Å². The standard InChI is InChI=1S/C14H19BrO/c1-14(16,11-5-3-2-4-6-11)12-7-9-13(15)10-8-12/h7-11,16H,2-6H2,1H3/t14-/m1/s1. The number of benzene rings is 1. The largest absolute Gasteiger partial charge is 0.385 e. The highest BCUT2D eigenvalue weighted by Crippen LogP contribution is 2.39. The molecule has 0 bridgehead atoms. The van der Waals surface area contributed by atoms with Crippen molar-refractivity contribution in [3.8, 4) is 0 Å². The van der Waals surface area contributed by atoms with Gasteiger partial charge in [0.15, 0.2) is 0 Å². The van der Waals surface area contributed by atoms with Crippen LogP contribution >= 0.6 is 15.9 Å². The van der Waals surface area contributed by atoms with E-state index < -0.39 is 5.60 Å². The van der Waals surface area contributed by atoms with Gasteiger partial charge in [0.2, 0.25) is 0 Å². The van der Waals surface area contributed by atoms with Gasteiger partial charge in [-0.2, -0.15) is 0 Å². The molecule has 2 heteroatoms. The molecule has 1 aliphatic carbocycles. The molecule has 0 spiro atoms. The molecule has 0 unspecified atom stereocenters. The zero-order valence-corrected chi connectivity index (χ0v) is 11.3. The minimum atomic E-state index is -0.666. The van der Waals surface area contributed by atoms with Gasteiger partial charge in [-0.15, -0.1) is 0 Å². The Hall–Kier alpha value is -0.340. The van der Waals surface area contributed by atoms with E-state index in [1.165, 1.54) is 19.3 Å². The lowest BCUT2D eigenvalue weighted by Crippen LogP contribution is -2.33. The molecule has 1 aromatic rings. The zero-order chi connectivity index (χ0) is 11.6. The molecule has 1 aliphatic rings. The van der Waals surface area contributed by atoms with Crippen LogP contribution in [0.5, 0.6) is 0 Å². The van der Waals surface area contributed by atoms with Gasteiger partial charge in [0, 0.05) is 4.47 Å². The van der Waals surface area contributed by atoms with E-state index in [4.69, 9.17) is 0 Å². The molecule has 0 radical (unpaired) electrons. The summed E-state index contributed by atoms with van der Waals surface area (Å²) >= 11 is 3.43. The monoisotopic (exact) mass is 282 g/mol. The van der Waals surface area contributed by atoms with E-state index in [9.17, 15) is 5.11 Å². The zero-order valence-electron chi connectivity index (χ0n) is 9.75. The van der Waals surface area contributed by atoms with Crippen LogP contribution in [0.1, 0.15) is 44.6 Å². The lowest BCUT2D eigenvalue weighted by atomic mass is 9.74. The minimum Gasteiger partial charge on any atom is -0.385 e. The van der Waals surface area contributed by atoms with Crippen LogP contribution in [-0.2, 0) is 5.60 Å². The summed E-state index contributed by atoms with van der Waals surface area (Å²) in [6.07, 6.45) is 6.16. The average molecular weight is 283 g/mol. The molecule has 0 heterocycles. The predicted octanol–water partition coefficient (Wildman–Crippen LogP) is 4.24. The van der Waals surface area contributed by atoms with Gasteiger partial charge in [0.1, 0.15) is 0 Å². The molecule has 1 atom stereocenters. The summed E-state index contributed by atoms with van der Waals surface area (Å²) < 4.78 is 1.07. The summed E-state index contributed by atoms with van der Waals surface area (Å²) in [7, 11) is 0. The highest BCUT2D eigenvalue weighted by atomic mass is 79.9. The van der Waals surface area contributed by atoms with Gasteiger partial charge >= 0.3 is 0 Å². The highest BCUT2D eigenvalue weighted by Gasteiger charge is 2.34. The number of hydrogen-bond donors (Lipinski definition) is 1. The Labute approximate surface area is 106 Å². The second-order valence-corrected chi connectivity index (χ2v) is 5.91. The normalized spacial score (nSPS) is 21.7. The van der Waals surface area contributed by atoms with Crippen LogP contribution in [0.25, 0.3) is 0 Å². The topological polar surface area (TPSA) is 20.2 Å². The molecular weight excluding hydrogens is 264 g/mol. The van der Waals surface area contributed by atoms with Crippen LogP contribution in [0, 0.1) is 5.92 Å². The Balaban J connectivity index is 2.19. The summed E-state index contributed by atoms with van der Waals surface area (Å²) in [6, 6.07) is 8.07. The average Bonchev–Trinajstić information content (AvgIpc) is 2.31. The maximum absolute atomic E-state index is 10.7. The van der Waals surface area contributed by atoms with Gasteiger partial charge in [-0.05, 0) is 43.4 Å². The van der Waals surface area contributed by atoms with Gasteiger partial charge < -0.3 is 5.11 Å².